The van der Waals surface area contributed by atoms with Gasteiger partial charge in [0.2, 0.25) is 5.91 Å². The van der Waals surface area contributed by atoms with Crippen LogP contribution in [0.25, 0.3) is 11.1 Å². The summed E-state index contributed by atoms with van der Waals surface area (Å²) in [4.78, 5) is 43.0. The van der Waals surface area contributed by atoms with E-state index in [2.05, 4.69) is 15.6 Å². The molecule has 0 aliphatic carbocycles. The molecule has 1 aliphatic heterocycles. The standard InChI is InChI=1S/C28H30ClFN4O7/c1-31-27(36)22-5-4-18(14-32-22)33-28(37)23(12-19-16-39-9-10-40-19)34-15-25(38-2)21(13-26(34)35)20-11-17(29)3-6-24(20)41-8-7-30/h3-6,11,13-15,19,23H,7-10,12,16H2,1-2H3,(H,31,36)(H,33,37). The lowest BCUT2D eigenvalue weighted by Crippen LogP contribution is -2.38. The molecule has 0 bridgehead atoms. The minimum absolute atomic E-state index is 0.125. The van der Waals surface area contributed by atoms with Crippen LogP contribution in [0.2, 0.25) is 5.02 Å². The van der Waals surface area contributed by atoms with Crippen LogP contribution >= 0.6 is 11.6 Å². The van der Waals surface area contributed by atoms with E-state index < -0.39 is 30.3 Å². The van der Waals surface area contributed by atoms with E-state index in [0.29, 0.717) is 40.8 Å². The van der Waals surface area contributed by atoms with Crippen LogP contribution in [0.5, 0.6) is 11.5 Å². The molecule has 1 saturated heterocycles. The number of carbonyl (C=O) groups is 2. The highest BCUT2D eigenvalue weighted by Crippen LogP contribution is 2.38. The van der Waals surface area contributed by atoms with Crippen LogP contribution in [0, 0.1) is 0 Å². The van der Waals surface area contributed by atoms with Crippen molar-refractivity contribution < 1.29 is 32.9 Å². The topological polar surface area (TPSA) is 130 Å². The lowest BCUT2D eigenvalue weighted by atomic mass is 10.0. The Hall–Kier alpha value is -4.00. The van der Waals surface area contributed by atoms with Gasteiger partial charge < -0.3 is 29.6 Å². The van der Waals surface area contributed by atoms with E-state index in [9.17, 15) is 18.8 Å². The van der Waals surface area contributed by atoms with Gasteiger partial charge in [-0.1, -0.05) is 11.6 Å². The minimum atomic E-state index is -1.03. The van der Waals surface area contributed by atoms with Gasteiger partial charge in [0.05, 0.1) is 51.1 Å². The van der Waals surface area contributed by atoms with Gasteiger partial charge in [0, 0.05) is 35.7 Å². The number of hydrogen-bond acceptors (Lipinski definition) is 8. The molecule has 1 aliphatic rings. The van der Waals surface area contributed by atoms with Gasteiger partial charge in [0.25, 0.3) is 11.5 Å². The highest BCUT2D eigenvalue weighted by molar-refractivity contribution is 6.31. The first-order chi connectivity index (χ1) is 19.8. The number of hydrogen-bond donors (Lipinski definition) is 2. The first-order valence-electron chi connectivity index (χ1n) is 12.8. The third kappa shape index (κ3) is 7.40. The molecular weight excluding hydrogens is 559 g/mol. The Morgan fingerprint density at radius 3 is 2.66 bits per heavy atom. The second-order valence-electron chi connectivity index (χ2n) is 9.00. The molecule has 11 nitrogen and oxygen atoms in total. The highest BCUT2D eigenvalue weighted by atomic mass is 35.5. The largest absolute Gasteiger partial charge is 0.495 e. The van der Waals surface area contributed by atoms with Crippen molar-refractivity contribution in [2.24, 2.45) is 0 Å². The Morgan fingerprint density at radius 2 is 2.00 bits per heavy atom. The fraction of sp³-hybridized carbons (Fsp3) is 0.357. The summed E-state index contributed by atoms with van der Waals surface area (Å²) in [6.07, 6.45) is 2.46. The van der Waals surface area contributed by atoms with Crippen molar-refractivity contribution in [2.75, 3.05) is 52.6 Å². The number of carbonyl (C=O) groups excluding carboxylic acids is 2. The summed E-state index contributed by atoms with van der Waals surface area (Å²) >= 11 is 6.22. The molecule has 2 N–H and O–H groups in total. The molecule has 218 valence electrons. The maximum absolute atomic E-state index is 13.6. The zero-order valence-corrected chi connectivity index (χ0v) is 23.3. The highest BCUT2D eigenvalue weighted by Gasteiger charge is 2.29. The van der Waals surface area contributed by atoms with Gasteiger partial charge in [-0.05, 0) is 30.3 Å². The Balaban J connectivity index is 1.71. The lowest BCUT2D eigenvalue weighted by Gasteiger charge is -2.28. The van der Waals surface area contributed by atoms with Gasteiger partial charge in [-0.3, -0.25) is 19.0 Å². The van der Waals surface area contributed by atoms with Crippen molar-refractivity contribution in [3.63, 3.8) is 0 Å². The summed E-state index contributed by atoms with van der Waals surface area (Å²) in [7, 11) is 2.91. The SMILES string of the molecule is CNC(=O)c1ccc(NC(=O)C(CC2COCCO2)n2cc(OC)c(-c3cc(Cl)ccc3OCCF)cc2=O)cn1. The number of nitrogens with one attached hydrogen (secondary N) is 2. The van der Waals surface area contributed by atoms with E-state index >= 15 is 0 Å². The number of alkyl halides is 1. The Morgan fingerprint density at radius 1 is 1.20 bits per heavy atom. The number of anilines is 1. The summed E-state index contributed by atoms with van der Waals surface area (Å²) in [6.45, 7) is 0.171. The minimum Gasteiger partial charge on any atom is -0.495 e. The summed E-state index contributed by atoms with van der Waals surface area (Å²) in [5, 5.41) is 5.62. The second-order valence-corrected chi connectivity index (χ2v) is 9.44. The number of pyridine rings is 2. The Bertz CT molecular complexity index is 1430. The van der Waals surface area contributed by atoms with Gasteiger partial charge in [0.15, 0.2) is 0 Å². The van der Waals surface area contributed by atoms with Gasteiger partial charge >= 0.3 is 0 Å². The van der Waals surface area contributed by atoms with E-state index in [1.807, 2.05) is 0 Å². The van der Waals surface area contributed by atoms with E-state index in [1.165, 1.54) is 49.3 Å². The monoisotopic (exact) mass is 588 g/mol. The molecule has 1 aromatic carbocycles. The Kier molecular flexibility index (Phi) is 10.3. The molecular formula is C28H30ClFN4O7. The smallest absolute Gasteiger partial charge is 0.269 e. The molecule has 3 aromatic rings. The van der Waals surface area contributed by atoms with Crippen LogP contribution in [0.3, 0.4) is 0 Å². The molecule has 13 heteroatoms. The number of methoxy groups -OCH3 is 1. The fourth-order valence-corrected chi connectivity index (χ4v) is 4.53. The lowest BCUT2D eigenvalue weighted by molar-refractivity contribution is -0.124. The van der Waals surface area contributed by atoms with E-state index in [4.69, 9.17) is 30.5 Å². The van der Waals surface area contributed by atoms with Crippen molar-refractivity contribution in [3.05, 3.63) is 69.9 Å². The van der Waals surface area contributed by atoms with Crippen LogP contribution in [-0.4, -0.2) is 74.7 Å². The summed E-state index contributed by atoms with van der Waals surface area (Å²) in [5.41, 5.74) is 0.790. The summed E-state index contributed by atoms with van der Waals surface area (Å²) in [5.74, 6) is -0.309. The van der Waals surface area contributed by atoms with Crippen molar-refractivity contribution in [2.45, 2.75) is 18.6 Å². The number of ether oxygens (including phenoxy) is 4. The summed E-state index contributed by atoms with van der Waals surface area (Å²) in [6, 6.07) is 8.05. The second kappa shape index (κ2) is 14.1. The predicted octanol–water partition coefficient (Wildman–Crippen LogP) is 3.27. The van der Waals surface area contributed by atoms with E-state index in [1.54, 1.807) is 18.2 Å². The normalized spacial score (nSPS) is 15.6. The van der Waals surface area contributed by atoms with Gasteiger partial charge in [-0.15, -0.1) is 0 Å². The van der Waals surface area contributed by atoms with Gasteiger partial charge in [0.1, 0.15) is 36.5 Å². The quantitative estimate of drug-likeness (QED) is 0.349. The average Bonchev–Trinajstić information content (AvgIpc) is 2.99. The van der Waals surface area contributed by atoms with Crippen LogP contribution in [0.1, 0.15) is 23.0 Å². The van der Waals surface area contributed by atoms with Crippen molar-refractivity contribution in [1.82, 2.24) is 14.9 Å². The van der Waals surface area contributed by atoms with Crippen molar-refractivity contribution >= 4 is 29.1 Å². The maximum Gasteiger partial charge on any atom is 0.269 e. The first kappa shape index (κ1) is 30.0. The number of nitrogens with zero attached hydrogens (tertiary/aromatic N) is 2. The van der Waals surface area contributed by atoms with Crippen molar-refractivity contribution in [3.8, 4) is 22.6 Å². The molecule has 3 heterocycles. The molecule has 2 unspecified atom stereocenters. The first-order valence-corrected chi connectivity index (χ1v) is 13.2. The molecule has 41 heavy (non-hydrogen) atoms. The number of aromatic nitrogens is 2. The van der Waals surface area contributed by atoms with Crippen LogP contribution in [0.15, 0.2) is 53.6 Å². The molecule has 2 aromatic heterocycles. The van der Waals surface area contributed by atoms with Gasteiger partial charge in [-0.2, -0.15) is 0 Å². The zero-order chi connectivity index (χ0) is 29.4. The molecule has 2 amide bonds. The van der Waals surface area contributed by atoms with Crippen LogP contribution in [-0.2, 0) is 14.3 Å². The number of amides is 2. The third-order valence-electron chi connectivity index (χ3n) is 6.33. The van der Waals surface area contributed by atoms with E-state index in [0.717, 1.165) is 0 Å². The molecule has 0 saturated carbocycles. The molecule has 0 radical (unpaired) electrons. The number of halogens is 2. The number of rotatable bonds is 11. The van der Waals surface area contributed by atoms with E-state index in [-0.39, 0.29) is 37.0 Å². The number of benzene rings is 1. The van der Waals surface area contributed by atoms with Crippen LogP contribution in [0.4, 0.5) is 10.1 Å². The zero-order valence-electron chi connectivity index (χ0n) is 22.5. The molecule has 2 atom stereocenters. The molecule has 4 rings (SSSR count). The average molecular weight is 589 g/mol. The third-order valence-corrected chi connectivity index (χ3v) is 6.57. The molecule has 1 fully saturated rings. The van der Waals surface area contributed by atoms with Crippen molar-refractivity contribution in [1.29, 1.82) is 0 Å². The summed E-state index contributed by atoms with van der Waals surface area (Å²) < 4.78 is 36.5. The fourth-order valence-electron chi connectivity index (χ4n) is 4.36. The van der Waals surface area contributed by atoms with Gasteiger partial charge in [-0.25, -0.2) is 9.37 Å². The predicted molar refractivity (Wildman–Crippen MR) is 150 cm³/mol. The van der Waals surface area contributed by atoms with Crippen LogP contribution < -0.4 is 25.7 Å². The Labute approximate surface area is 240 Å². The molecule has 0 spiro atoms. The maximum atomic E-state index is 13.6.